The first-order chi connectivity index (χ1) is 15.4. The minimum absolute atomic E-state index is 0. The first-order valence-corrected chi connectivity index (χ1v) is 17.0. The van der Waals surface area contributed by atoms with Gasteiger partial charge >= 0.3 is 150 Å². The molecular formula is C28H36Fe2N2Se2. The molecule has 4 aliphatic carbocycles. The third-order valence-electron chi connectivity index (χ3n) is 5.40. The summed E-state index contributed by atoms with van der Waals surface area (Å²) < 4.78 is 0. The van der Waals surface area contributed by atoms with Crippen molar-refractivity contribution in [2.24, 2.45) is 0 Å². The first kappa shape index (κ1) is 36.0. The van der Waals surface area contributed by atoms with Gasteiger partial charge in [-0.1, -0.05) is 0 Å². The summed E-state index contributed by atoms with van der Waals surface area (Å²) in [4.78, 5) is 7.75. The molecule has 0 aromatic rings. The van der Waals surface area contributed by atoms with E-state index in [9.17, 15) is 0 Å². The van der Waals surface area contributed by atoms with Crippen LogP contribution in [0, 0.1) is 124 Å². The van der Waals surface area contributed by atoms with E-state index >= 15 is 0 Å². The Morgan fingerprint density at radius 3 is 0.971 bits per heavy atom. The molecule has 0 N–H and O–H groups in total. The van der Waals surface area contributed by atoms with Crippen molar-refractivity contribution in [3.05, 3.63) is 124 Å². The largest absolute Gasteiger partial charge is 0.0312 e. The summed E-state index contributed by atoms with van der Waals surface area (Å²) >= 11 is 1.12. The SMILES string of the molecule is C[C@H]([C]1[CH][CH][CH][C]1[Se][Se][C]1[CH][CH][CH][C]1[C@@H](C)N(C)C)N(C)C.[CH]1[CH][CH][CH][CH]1.[CH]1[CH][CH][CH][CH]1.[Fe].[Fe]. The summed E-state index contributed by atoms with van der Waals surface area (Å²) in [5.41, 5.74) is 0. The van der Waals surface area contributed by atoms with Gasteiger partial charge in [-0.05, 0) is 64.2 Å². The summed E-state index contributed by atoms with van der Waals surface area (Å²) in [6.07, 6.45) is 33.7. The van der Waals surface area contributed by atoms with Gasteiger partial charge in [0.2, 0.25) is 0 Å². The second kappa shape index (κ2) is 20.9. The number of rotatable bonds is 7. The molecule has 0 bridgehead atoms. The Morgan fingerprint density at radius 1 is 0.471 bits per heavy atom. The van der Waals surface area contributed by atoms with Crippen molar-refractivity contribution in [1.29, 1.82) is 0 Å². The fourth-order valence-electron chi connectivity index (χ4n) is 2.96. The maximum absolute atomic E-state index is 2.33. The maximum Gasteiger partial charge on any atom is 0 e. The van der Waals surface area contributed by atoms with Gasteiger partial charge in [-0.15, -0.1) is 0 Å². The van der Waals surface area contributed by atoms with Crippen LogP contribution in [0.3, 0.4) is 0 Å². The number of nitrogens with zero attached hydrogens (tertiary/aromatic N) is 2. The summed E-state index contributed by atoms with van der Waals surface area (Å²) in [6.45, 7) is 4.59. The Morgan fingerprint density at radius 2 is 0.735 bits per heavy atom. The smallest absolute Gasteiger partial charge is 0 e. The van der Waals surface area contributed by atoms with Gasteiger partial charge in [0.05, 0.1) is 0 Å². The van der Waals surface area contributed by atoms with E-state index in [-0.39, 0.29) is 34.1 Å². The molecule has 0 aliphatic heterocycles. The molecule has 4 saturated carbocycles. The molecule has 0 amide bonds. The van der Waals surface area contributed by atoms with E-state index in [2.05, 4.69) is 90.4 Å². The van der Waals surface area contributed by atoms with Gasteiger partial charge in [0.25, 0.3) is 0 Å². The van der Waals surface area contributed by atoms with Crippen LogP contribution in [0.2, 0.25) is 0 Å². The van der Waals surface area contributed by atoms with Crippen LogP contribution >= 0.6 is 0 Å². The van der Waals surface area contributed by atoms with Crippen molar-refractivity contribution < 1.29 is 34.1 Å². The molecule has 186 valence electrons. The number of hydrogen-bond acceptors (Lipinski definition) is 2. The summed E-state index contributed by atoms with van der Waals surface area (Å²) in [5, 5.41) is 0. The van der Waals surface area contributed by atoms with Crippen LogP contribution in [0.15, 0.2) is 0 Å². The molecule has 4 rings (SSSR count). The van der Waals surface area contributed by atoms with E-state index in [1.54, 1.807) is 9.63 Å². The van der Waals surface area contributed by atoms with Crippen molar-refractivity contribution in [2.45, 2.75) is 25.9 Å². The minimum Gasteiger partial charge on any atom is -0.0312 e. The van der Waals surface area contributed by atoms with E-state index in [1.165, 1.54) is 11.8 Å². The second-order valence-corrected chi connectivity index (χ2v) is 14.2. The van der Waals surface area contributed by atoms with Gasteiger partial charge in [-0.25, -0.2) is 0 Å². The molecule has 4 fully saturated rings. The molecule has 4 aliphatic rings. The summed E-state index contributed by atoms with van der Waals surface area (Å²) in [7, 11) is 8.64. The average molecular weight is 670 g/mol. The molecule has 2 atom stereocenters. The van der Waals surface area contributed by atoms with Gasteiger partial charge in [0.1, 0.15) is 0 Å². The predicted octanol–water partition coefficient (Wildman–Crippen LogP) is 3.71. The molecular weight excluding hydrogens is 634 g/mol. The van der Waals surface area contributed by atoms with Crippen molar-refractivity contribution in [3.8, 4) is 0 Å². The van der Waals surface area contributed by atoms with Crippen LogP contribution in [-0.2, 0) is 34.1 Å². The minimum atomic E-state index is 0. The van der Waals surface area contributed by atoms with Crippen molar-refractivity contribution >= 4 is 26.3 Å². The molecule has 2 nitrogen and oxygen atoms in total. The van der Waals surface area contributed by atoms with E-state index in [0.717, 1.165) is 0 Å². The zero-order valence-electron chi connectivity index (χ0n) is 20.8. The van der Waals surface area contributed by atoms with Crippen LogP contribution in [0.1, 0.15) is 13.8 Å². The first-order valence-electron chi connectivity index (χ1n) is 10.9. The Balaban J connectivity index is 0.000000746. The standard InChI is InChI=1S/C18H26N2Se2.2C5H5.2Fe/c1-13(19(3)4)15-9-7-11-17(15)21-22-18-12-8-10-16(18)14(2)20(5)6;2*1-2-4-5-3-1;;/h7-14H,1-6H3;2*1-5H;;/t13-,14-;;;;/m1..../s1. The molecule has 0 aromatic carbocycles. The molecule has 0 heterocycles. The molecule has 0 unspecified atom stereocenters. The molecule has 34 heavy (non-hydrogen) atoms. The van der Waals surface area contributed by atoms with Crippen LogP contribution in [0.4, 0.5) is 0 Å². The van der Waals surface area contributed by atoms with Gasteiger partial charge in [0, 0.05) is 34.1 Å². The Bertz CT molecular complexity index is 416. The third-order valence-corrected chi connectivity index (χ3v) is 12.7. The molecule has 0 aromatic heterocycles. The van der Waals surface area contributed by atoms with Crippen LogP contribution < -0.4 is 0 Å². The van der Waals surface area contributed by atoms with Crippen molar-refractivity contribution in [3.63, 3.8) is 0 Å². The second-order valence-electron chi connectivity index (χ2n) is 8.06. The summed E-state index contributed by atoms with van der Waals surface area (Å²) in [6, 6.07) is 1.00. The van der Waals surface area contributed by atoms with E-state index in [0.29, 0.717) is 38.3 Å². The van der Waals surface area contributed by atoms with E-state index in [1.807, 2.05) is 64.2 Å². The Kier molecular flexibility index (Phi) is 22.1. The molecule has 6 heteroatoms. The van der Waals surface area contributed by atoms with Crippen molar-refractivity contribution in [1.82, 2.24) is 9.80 Å². The predicted molar refractivity (Wildman–Crippen MR) is 140 cm³/mol. The van der Waals surface area contributed by atoms with Crippen LogP contribution in [0.5, 0.6) is 0 Å². The molecule has 0 spiro atoms. The fourth-order valence-corrected chi connectivity index (χ4v) is 10.6. The maximum atomic E-state index is 2.33. The zero-order valence-corrected chi connectivity index (χ0v) is 26.4. The summed E-state index contributed by atoms with van der Waals surface area (Å²) in [5.74, 6) is 3.03. The Labute approximate surface area is 246 Å². The molecule has 20 radical (unpaired) electrons. The quantitative estimate of drug-likeness (QED) is 0.382. The van der Waals surface area contributed by atoms with E-state index < -0.39 is 0 Å². The topological polar surface area (TPSA) is 6.48 Å². The van der Waals surface area contributed by atoms with Crippen LogP contribution in [0.25, 0.3) is 0 Å². The van der Waals surface area contributed by atoms with Gasteiger partial charge in [-0.3, -0.25) is 0 Å². The van der Waals surface area contributed by atoms with Gasteiger partial charge in [-0.2, -0.15) is 0 Å². The number of hydrogen-bond donors (Lipinski definition) is 0. The normalized spacial score (nSPS) is 23.6. The monoisotopic (exact) mass is 672 g/mol. The van der Waals surface area contributed by atoms with Gasteiger partial charge < -0.3 is 0 Å². The van der Waals surface area contributed by atoms with Crippen molar-refractivity contribution in [2.75, 3.05) is 28.2 Å². The average Bonchev–Trinajstić information content (AvgIpc) is 3.61. The third kappa shape index (κ3) is 13.2. The molecule has 0 saturated heterocycles. The zero-order chi connectivity index (χ0) is 23.3. The van der Waals surface area contributed by atoms with Crippen LogP contribution in [-0.4, -0.2) is 76.3 Å². The van der Waals surface area contributed by atoms with E-state index in [4.69, 9.17) is 0 Å². The van der Waals surface area contributed by atoms with Gasteiger partial charge in [0.15, 0.2) is 0 Å². The fraction of sp³-hybridized carbons (Fsp3) is 0.286. The Hall–Kier alpha value is 2.00.